The Morgan fingerprint density at radius 2 is 2.36 bits per heavy atom. The van der Waals surface area contributed by atoms with Crippen molar-refractivity contribution in [1.82, 2.24) is 14.8 Å². The maximum atomic E-state index is 11.8. The van der Waals surface area contributed by atoms with Crippen LogP contribution in [0.3, 0.4) is 0 Å². The number of nitrogens with zero attached hydrogens (tertiary/aromatic N) is 2. The third-order valence-electron chi connectivity index (χ3n) is 1.11. The van der Waals surface area contributed by atoms with E-state index in [2.05, 4.69) is 22.4 Å². The molecule has 0 saturated heterocycles. The largest absolute Gasteiger partial charge is 0.368 e. The van der Waals surface area contributed by atoms with Gasteiger partial charge in [-0.2, -0.15) is 0 Å². The fourth-order valence-corrected chi connectivity index (χ4v) is 0.858. The highest BCUT2D eigenvalue weighted by atomic mass is 32.1. The first kappa shape index (κ1) is 8.12. The Bertz CT molecular complexity index is 291. The predicted octanol–water partition coefficient (Wildman–Crippen LogP) is 0.788. The first-order valence-corrected chi connectivity index (χ1v) is 3.21. The van der Waals surface area contributed by atoms with Gasteiger partial charge >= 0.3 is 0 Å². The van der Waals surface area contributed by atoms with Gasteiger partial charge in [-0.05, 0) is 12.2 Å². The van der Waals surface area contributed by atoms with Gasteiger partial charge in [-0.25, -0.2) is 13.9 Å². The Morgan fingerprint density at radius 3 is 2.73 bits per heavy atom. The summed E-state index contributed by atoms with van der Waals surface area (Å²) in [5.41, 5.74) is 5.21. The molecule has 7 heteroatoms. The number of aromatic amines is 1. The van der Waals surface area contributed by atoms with E-state index in [1.165, 1.54) is 0 Å². The van der Waals surface area contributed by atoms with Crippen LogP contribution in [0.5, 0.6) is 0 Å². The lowest BCUT2D eigenvalue weighted by Crippen LogP contribution is -2.09. The number of aromatic nitrogens is 3. The normalized spacial score (nSPS) is 10.8. The molecule has 1 aromatic rings. The molecule has 0 bridgehead atoms. The SMILES string of the molecule is Nc1n[nH]c(=S)n1CC(F)F. The van der Waals surface area contributed by atoms with Crippen molar-refractivity contribution < 1.29 is 8.78 Å². The highest BCUT2D eigenvalue weighted by molar-refractivity contribution is 7.71. The summed E-state index contributed by atoms with van der Waals surface area (Å²) >= 11 is 4.62. The van der Waals surface area contributed by atoms with Crippen molar-refractivity contribution in [3.05, 3.63) is 4.77 Å². The Hall–Kier alpha value is -0.980. The Labute approximate surface area is 66.0 Å². The van der Waals surface area contributed by atoms with Crippen LogP contribution in [-0.2, 0) is 6.54 Å². The van der Waals surface area contributed by atoms with E-state index < -0.39 is 13.0 Å². The first-order chi connectivity index (χ1) is 5.11. The van der Waals surface area contributed by atoms with Crippen molar-refractivity contribution in [1.29, 1.82) is 0 Å². The molecule has 0 aliphatic carbocycles. The number of hydrogen-bond donors (Lipinski definition) is 2. The number of nitrogens with two attached hydrogens (primary N) is 1. The third kappa shape index (κ3) is 1.73. The number of rotatable bonds is 2. The predicted molar refractivity (Wildman–Crippen MR) is 37.8 cm³/mol. The Balaban J connectivity index is 2.92. The van der Waals surface area contributed by atoms with E-state index in [1.54, 1.807) is 0 Å². The number of alkyl halides is 2. The standard InChI is InChI=1S/C4H6F2N4S/c5-2(6)1-10-3(7)8-9-4(10)11/h2H,1H2,(H2,7,8)(H,9,11). The quantitative estimate of drug-likeness (QED) is 0.661. The van der Waals surface area contributed by atoms with Gasteiger partial charge in [0.2, 0.25) is 5.95 Å². The number of nitrogen functional groups attached to an aromatic ring is 1. The minimum absolute atomic E-state index is 0.0182. The summed E-state index contributed by atoms with van der Waals surface area (Å²) in [4.78, 5) is 0. The molecule has 0 spiro atoms. The number of halogens is 2. The second-order valence-electron chi connectivity index (χ2n) is 1.89. The van der Waals surface area contributed by atoms with Crippen LogP contribution in [0.15, 0.2) is 0 Å². The molecule has 0 radical (unpaired) electrons. The summed E-state index contributed by atoms with van der Waals surface area (Å²) in [5, 5.41) is 5.76. The van der Waals surface area contributed by atoms with E-state index >= 15 is 0 Å². The zero-order chi connectivity index (χ0) is 8.43. The molecule has 0 unspecified atom stereocenters. The minimum atomic E-state index is -2.47. The lowest BCUT2D eigenvalue weighted by Gasteiger charge is -2.00. The van der Waals surface area contributed by atoms with E-state index in [9.17, 15) is 8.78 Å². The average molecular weight is 180 g/mol. The molecule has 0 aromatic carbocycles. The summed E-state index contributed by atoms with van der Waals surface area (Å²) in [6, 6.07) is 0. The van der Waals surface area contributed by atoms with Crippen LogP contribution in [0.1, 0.15) is 0 Å². The third-order valence-corrected chi connectivity index (χ3v) is 1.42. The van der Waals surface area contributed by atoms with Gasteiger partial charge in [0.15, 0.2) is 4.77 Å². The van der Waals surface area contributed by atoms with Gasteiger partial charge in [-0.3, -0.25) is 4.57 Å². The van der Waals surface area contributed by atoms with Crippen molar-refractivity contribution in [2.24, 2.45) is 0 Å². The summed E-state index contributed by atoms with van der Waals surface area (Å²) in [7, 11) is 0. The maximum Gasteiger partial charge on any atom is 0.256 e. The van der Waals surface area contributed by atoms with E-state index in [4.69, 9.17) is 5.73 Å². The van der Waals surface area contributed by atoms with Crippen molar-refractivity contribution in [3.63, 3.8) is 0 Å². The van der Waals surface area contributed by atoms with Gasteiger partial charge in [-0.15, -0.1) is 5.10 Å². The average Bonchev–Trinajstić information content (AvgIpc) is 2.18. The molecule has 11 heavy (non-hydrogen) atoms. The number of nitrogens with one attached hydrogen (secondary N) is 1. The van der Waals surface area contributed by atoms with Crippen molar-refractivity contribution in [2.75, 3.05) is 5.73 Å². The van der Waals surface area contributed by atoms with E-state index in [0.29, 0.717) is 0 Å². The minimum Gasteiger partial charge on any atom is -0.368 e. The molecule has 0 amide bonds. The molecule has 1 aromatic heterocycles. The molecule has 3 N–H and O–H groups in total. The Kier molecular flexibility index (Phi) is 2.18. The zero-order valence-corrected chi connectivity index (χ0v) is 6.24. The number of hydrogen-bond acceptors (Lipinski definition) is 3. The molecule has 62 valence electrons. The smallest absolute Gasteiger partial charge is 0.256 e. The first-order valence-electron chi connectivity index (χ1n) is 2.80. The number of anilines is 1. The summed E-state index contributed by atoms with van der Waals surface area (Å²) in [6.45, 7) is -0.513. The molecular weight excluding hydrogens is 174 g/mol. The second kappa shape index (κ2) is 2.95. The van der Waals surface area contributed by atoms with Crippen LogP contribution in [0.4, 0.5) is 14.7 Å². The summed E-state index contributed by atoms with van der Waals surface area (Å²) in [5.74, 6) is -0.0182. The van der Waals surface area contributed by atoms with Crippen LogP contribution in [0, 0.1) is 4.77 Å². The van der Waals surface area contributed by atoms with Crippen LogP contribution in [-0.4, -0.2) is 21.2 Å². The lowest BCUT2D eigenvalue weighted by atomic mass is 10.6. The van der Waals surface area contributed by atoms with E-state index in [0.717, 1.165) is 4.57 Å². The fraction of sp³-hybridized carbons (Fsp3) is 0.500. The molecule has 1 rings (SSSR count). The fourth-order valence-electron chi connectivity index (χ4n) is 0.644. The van der Waals surface area contributed by atoms with Gasteiger partial charge in [0.25, 0.3) is 6.43 Å². The molecule has 0 saturated carbocycles. The van der Waals surface area contributed by atoms with Crippen molar-refractivity contribution in [2.45, 2.75) is 13.0 Å². The second-order valence-corrected chi connectivity index (χ2v) is 2.28. The summed E-state index contributed by atoms with van der Waals surface area (Å²) < 4.78 is 24.7. The van der Waals surface area contributed by atoms with Gasteiger partial charge in [0.1, 0.15) is 0 Å². The zero-order valence-electron chi connectivity index (χ0n) is 5.42. The molecule has 4 nitrogen and oxygen atoms in total. The van der Waals surface area contributed by atoms with Crippen LogP contribution < -0.4 is 5.73 Å². The van der Waals surface area contributed by atoms with Crippen LogP contribution in [0.25, 0.3) is 0 Å². The van der Waals surface area contributed by atoms with Crippen molar-refractivity contribution in [3.8, 4) is 0 Å². The maximum absolute atomic E-state index is 11.8. The summed E-state index contributed by atoms with van der Waals surface area (Å²) in [6.07, 6.45) is -2.47. The monoisotopic (exact) mass is 180 g/mol. The Morgan fingerprint density at radius 1 is 1.73 bits per heavy atom. The van der Waals surface area contributed by atoms with Crippen LogP contribution >= 0.6 is 12.2 Å². The molecular formula is C4H6F2N4S. The lowest BCUT2D eigenvalue weighted by molar-refractivity contribution is 0.126. The molecule has 1 heterocycles. The van der Waals surface area contributed by atoms with Gasteiger partial charge in [-0.1, -0.05) is 0 Å². The van der Waals surface area contributed by atoms with Crippen LogP contribution in [0.2, 0.25) is 0 Å². The highest BCUT2D eigenvalue weighted by Gasteiger charge is 2.07. The van der Waals surface area contributed by atoms with Gasteiger partial charge in [0.05, 0.1) is 6.54 Å². The highest BCUT2D eigenvalue weighted by Crippen LogP contribution is 2.03. The number of H-pyrrole nitrogens is 1. The molecule has 0 aliphatic heterocycles. The van der Waals surface area contributed by atoms with Gasteiger partial charge in [0, 0.05) is 0 Å². The molecule has 0 aliphatic rings. The molecule has 0 fully saturated rings. The molecule has 0 atom stereocenters. The van der Waals surface area contributed by atoms with Gasteiger partial charge < -0.3 is 5.73 Å². The van der Waals surface area contributed by atoms with E-state index in [1.807, 2.05) is 0 Å². The van der Waals surface area contributed by atoms with Crippen molar-refractivity contribution >= 4 is 18.2 Å². The topological polar surface area (TPSA) is 59.6 Å². The van der Waals surface area contributed by atoms with E-state index in [-0.39, 0.29) is 10.7 Å².